The van der Waals surface area contributed by atoms with Crippen LogP contribution in [0.2, 0.25) is 0 Å². The Bertz CT molecular complexity index is 922. The predicted molar refractivity (Wildman–Crippen MR) is 110 cm³/mol. The summed E-state index contributed by atoms with van der Waals surface area (Å²) in [6.07, 6.45) is 2.59. The minimum Gasteiger partial charge on any atom is -0.368 e. The van der Waals surface area contributed by atoms with Gasteiger partial charge >= 0.3 is 0 Å². The molecule has 0 bridgehead atoms. The van der Waals surface area contributed by atoms with Gasteiger partial charge in [-0.1, -0.05) is 25.1 Å². The van der Waals surface area contributed by atoms with Gasteiger partial charge in [-0.2, -0.15) is 10.1 Å². The number of nitrogens with zero attached hydrogens (tertiary/aromatic N) is 5. The Morgan fingerprint density at radius 3 is 2.43 bits per heavy atom. The molecule has 1 aromatic heterocycles. The van der Waals surface area contributed by atoms with Crippen molar-refractivity contribution in [3.05, 3.63) is 66.1 Å². The van der Waals surface area contributed by atoms with E-state index in [9.17, 15) is 4.39 Å². The van der Waals surface area contributed by atoms with Crippen LogP contribution in [-0.2, 0) is 6.42 Å². The van der Waals surface area contributed by atoms with E-state index in [1.165, 1.54) is 17.7 Å². The van der Waals surface area contributed by atoms with Crippen molar-refractivity contribution >= 4 is 23.1 Å². The van der Waals surface area contributed by atoms with E-state index in [0.29, 0.717) is 11.8 Å². The van der Waals surface area contributed by atoms with Crippen LogP contribution in [0.15, 0.2) is 54.7 Å². The molecule has 2 heterocycles. The molecule has 144 valence electrons. The standard InChI is InChI=1S/C21H23FN6/c1-2-16-5-3-4-6-19(16)24-20-15-23-26-21(25-20)28-13-11-27(12-14-28)18-9-7-17(22)8-10-18/h3-10,15H,2,11-14H2,1H3,(H,24,25,26). The highest BCUT2D eigenvalue weighted by Gasteiger charge is 2.20. The number of aromatic nitrogens is 3. The van der Waals surface area contributed by atoms with Crippen molar-refractivity contribution in [2.24, 2.45) is 0 Å². The van der Waals surface area contributed by atoms with E-state index in [2.05, 4.69) is 43.3 Å². The summed E-state index contributed by atoms with van der Waals surface area (Å²) in [5.74, 6) is 1.10. The number of para-hydroxylation sites is 1. The molecule has 2 aromatic carbocycles. The molecular weight excluding hydrogens is 355 g/mol. The fourth-order valence-corrected chi connectivity index (χ4v) is 3.39. The Labute approximate surface area is 164 Å². The normalized spacial score (nSPS) is 14.2. The average Bonchev–Trinajstić information content (AvgIpc) is 2.75. The molecule has 28 heavy (non-hydrogen) atoms. The van der Waals surface area contributed by atoms with Crippen LogP contribution in [0.3, 0.4) is 0 Å². The first-order valence-electron chi connectivity index (χ1n) is 9.53. The monoisotopic (exact) mass is 378 g/mol. The molecule has 1 aliphatic heterocycles. The summed E-state index contributed by atoms with van der Waals surface area (Å²) in [5.41, 5.74) is 3.31. The molecule has 3 aromatic rings. The van der Waals surface area contributed by atoms with E-state index in [-0.39, 0.29) is 5.82 Å². The molecule has 1 saturated heterocycles. The van der Waals surface area contributed by atoms with Gasteiger partial charge in [-0.3, -0.25) is 0 Å². The van der Waals surface area contributed by atoms with Gasteiger partial charge in [0, 0.05) is 37.6 Å². The van der Waals surface area contributed by atoms with Crippen LogP contribution < -0.4 is 15.1 Å². The molecule has 1 N–H and O–H groups in total. The van der Waals surface area contributed by atoms with Crippen LogP contribution >= 0.6 is 0 Å². The number of piperazine rings is 1. The smallest absolute Gasteiger partial charge is 0.247 e. The molecule has 0 amide bonds. The van der Waals surface area contributed by atoms with Crippen molar-refractivity contribution in [2.45, 2.75) is 13.3 Å². The molecule has 0 atom stereocenters. The van der Waals surface area contributed by atoms with E-state index < -0.39 is 0 Å². The zero-order valence-corrected chi connectivity index (χ0v) is 15.8. The molecule has 6 nitrogen and oxygen atoms in total. The highest BCUT2D eigenvalue weighted by atomic mass is 19.1. The van der Waals surface area contributed by atoms with Gasteiger partial charge in [0.1, 0.15) is 5.82 Å². The largest absolute Gasteiger partial charge is 0.368 e. The average molecular weight is 378 g/mol. The van der Waals surface area contributed by atoms with E-state index in [0.717, 1.165) is 44.0 Å². The van der Waals surface area contributed by atoms with Crippen LogP contribution in [-0.4, -0.2) is 41.4 Å². The molecule has 1 fully saturated rings. The first kappa shape index (κ1) is 18.2. The van der Waals surface area contributed by atoms with Gasteiger partial charge in [0.15, 0.2) is 5.82 Å². The van der Waals surface area contributed by atoms with Crippen molar-refractivity contribution in [1.82, 2.24) is 15.2 Å². The number of hydrogen-bond donors (Lipinski definition) is 1. The lowest BCUT2D eigenvalue weighted by molar-refractivity contribution is 0.622. The quantitative estimate of drug-likeness (QED) is 0.732. The van der Waals surface area contributed by atoms with Crippen molar-refractivity contribution in [3.63, 3.8) is 0 Å². The van der Waals surface area contributed by atoms with Crippen molar-refractivity contribution < 1.29 is 4.39 Å². The SMILES string of the molecule is CCc1ccccc1Nc1cnnc(N2CCN(c3ccc(F)cc3)CC2)n1. The molecule has 0 unspecified atom stereocenters. The number of halogens is 1. The first-order chi connectivity index (χ1) is 13.7. The van der Waals surface area contributed by atoms with Gasteiger partial charge < -0.3 is 15.1 Å². The summed E-state index contributed by atoms with van der Waals surface area (Å²) in [7, 11) is 0. The number of aryl methyl sites for hydroxylation is 1. The van der Waals surface area contributed by atoms with Gasteiger partial charge in [-0.25, -0.2) is 4.39 Å². The van der Waals surface area contributed by atoms with Crippen LogP contribution in [0.4, 0.5) is 27.5 Å². The Kier molecular flexibility index (Phi) is 5.32. The Balaban J connectivity index is 1.43. The van der Waals surface area contributed by atoms with Crippen LogP contribution in [0.5, 0.6) is 0 Å². The minimum absolute atomic E-state index is 0.212. The van der Waals surface area contributed by atoms with Gasteiger partial charge in [-0.05, 0) is 42.3 Å². The summed E-state index contributed by atoms with van der Waals surface area (Å²) in [6, 6.07) is 14.8. The minimum atomic E-state index is -0.212. The van der Waals surface area contributed by atoms with Crippen LogP contribution in [0, 0.1) is 5.82 Å². The summed E-state index contributed by atoms with van der Waals surface area (Å²) < 4.78 is 13.1. The molecule has 4 rings (SSSR count). The molecule has 0 saturated carbocycles. The zero-order chi connectivity index (χ0) is 19.3. The topological polar surface area (TPSA) is 57.2 Å². The van der Waals surface area contributed by atoms with E-state index >= 15 is 0 Å². The van der Waals surface area contributed by atoms with Crippen molar-refractivity contribution in [3.8, 4) is 0 Å². The van der Waals surface area contributed by atoms with Crippen LogP contribution in [0.1, 0.15) is 12.5 Å². The van der Waals surface area contributed by atoms with Gasteiger partial charge in [0.25, 0.3) is 0 Å². The van der Waals surface area contributed by atoms with Gasteiger partial charge in [0.05, 0.1) is 6.20 Å². The second kappa shape index (κ2) is 8.21. The molecule has 7 heteroatoms. The molecule has 1 aliphatic rings. The lowest BCUT2D eigenvalue weighted by Crippen LogP contribution is -2.47. The number of rotatable bonds is 5. The van der Waals surface area contributed by atoms with Gasteiger partial charge in [-0.15, -0.1) is 5.10 Å². The number of benzene rings is 2. The lowest BCUT2D eigenvalue weighted by atomic mass is 10.1. The summed E-state index contributed by atoms with van der Waals surface area (Å²) in [6.45, 7) is 5.35. The maximum Gasteiger partial charge on any atom is 0.247 e. The second-order valence-corrected chi connectivity index (χ2v) is 6.73. The zero-order valence-electron chi connectivity index (χ0n) is 15.8. The van der Waals surface area contributed by atoms with Crippen LogP contribution in [0.25, 0.3) is 0 Å². The van der Waals surface area contributed by atoms with Crippen molar-refractivity contribution in [1.29, 1.82) is 0 Å². The van der Waals surface area contributed by atoms with E-state index in [4.69, 9.17) is 0 Å². The highest BCUT2D eigenvalue weighted by molar-refractivity contribution is 5.60. The van der Waals surface area contributed by atoms with Crippen molar-refractivity contribution in [2.75, 3.05) is 41.3 Å². The molecular formula is C21H23FN6. The summed E-state index contributed by atoms with van der Waals surface area (Å²) in [5, 5.41) is 11.7. The number of nitrogens with one attached hydrogen (secondary N) is 1. The maximum absolute atomic E-state index is 13.1. The summed E-state index contributed by atoms with van der Waals surface area (Å²) in [4.78, 5) is 9.02. The Hall–Kier alpha value is -3.22. The predicted octanol–water partition coefficient (Wildman–Crippen LogP) is 3.64. The number of anilines is 4. The number of hydrogen-bond acceptors (Lipinski definition) is 6. The third-order valence-electron chi connectivity index (χ3n) is 4.96. The first-order valence-corrected chi connectivity index (χ1v) is 9.53. The molecule has 0 aliphatic carbocycles. The highest BCUT2D eigenvalue weighted by Crippen LogP contribution is 2.22. The molecule has 0 radical (unpaired) electrons. The Morgan fingerprint density at radius 2 is 1.68 bits per heavy atom. The second-order valence-electron chi connectivity index (χ2n) is 6.73. The van der Waals surface area contributed by atoms with Gasteiger partial charge in [0.2, 0.25) is 5.95 Å². The molecule has 0 spiro atoms. The summed E-state index contributed by atoms with van der Waals surface area (Å²) >= 11 is 0. The van der Waals surface area contributed by atoms with E-state index in [1.54, 1.807) is 6.20 Å². The third kappa shape index (κ3) is 4.03. The fraction of sp³-hybridized carbons (Fsp3) is 0.286. The lowest BCUT2D eigenvalue weighted by Gasteiger charge is -2.35. The Morgan fingerprint density at radius 1 is 0.964 bits per heavy atom. The fourth-order valence-electron chi connectivity index (χ4n) is 3.39. The van der Waals surface area contributed by atoms with E-state index in [1.807, 2.05) is 30.3 Å². The third-order valence-corrected chi connectivity index (χ3v) is 4.96. The maximum atomic E-state index is 13.1.